The van der Waals surface area contributed by atoms with Crippen molar-refractivity contribution < 1.29 is 9.53 Å². The molecule has 0 saturated carbocycles. The van der Waals surface area contributed by atoms with Gasteiger partial charge in [0, 0.05) is 35.8 Å². The molecule has 0 aliphatic carbocycles. The molecular weight excluding hydrogens is 394 g/mol. The number of aromatic nitrogens is 1. The minimum atomic E-state index is -0.187. The van der Waals surface area contributed by atoms with Crippen LogP contribution < -0.4 is 10.2 Å². The van der Waals surface area contributed by atoms with Crippen LogP contribution in [0.3, 0.4) is 0 Å². The van der Waals surface area contributed by atoms with Crippen molar-refractivity contribution in [1.29, 1.82) is 0 Å². The third-order valence-electron chi connectivity index (χ3n) is 4.95. The summed E-state index contributed by atoms with van der Waals surface area (Å²) in [4.78, 5) is 19.2. The van der Waals surface area contributed by atoms with Gasteiger partial charge in [0.05, 0.1) is 18.9 Å². The van der Waals surface area contributed by atoms with Crippen molar-refractivity contribution in [2.24, 2.45) is 0 Å². The van der Waals surface area contributed by atoms with E-state index in [2.05, 4.69) is 59.4 Å². The first-order valence-corrected chi connectivity index (χ1v) is 10.9. The van der Waals surface area contributed by atoms with E-state index < -0.39 is 0 Å². The lowest BCUT2D eigenvalue weighted by Crippen LogP contribution is -2.36. The van der Waals surface area contributed by atoms with Crippen LogP contribution in [0.25, 0.3) is 17.3 Å². The molecule has 1 N–H and O–H groups in total. The van der Waals surface area contributed by atoms with Crippen LogP contribution in [0.2, 0.25) is 0 Å². The summed E-state index contributed by atoms with van der Waals surface area (Å²) in [5, 5.41) is 5.42. The summed E-state index contributed by atoms with van der Waals surface area (Å²) in [5.74, 6) is -0.187. The van der Waals surface area contributed by atoms with Crippen LogP contribution >= 0.6 is 11.3 Å². The van der Waals surface area contributed by atoms with Gasteiger partial charge in [0.25, 0.3) is 0 Å². The summed E-state index contributed by atoms with van der Waals surface area (Å²) in [6.07, 6.45) is 3.36. The smallest absolute Gasteiger partial charge is 0.250 e. The molecule has 2 heterocycles. The van der Waals surface area contributed by atoms with Gasteiger partial charge in [-0.1, -0.05) is 29.3 Å². The predicted molar refractivity (Wildman–Crippen MR) is 124 cm³/mol. The number of hydrogen-bond donors (Lipinski definition) is 1. The summed E-state index contributed by atoms with van der Waals surface area (Å²) in [7, 11) is 0. The molecule has 1 amide bonds. The van der Waals surface area contributed by atoms with Gasteiger partial charge in [-0.05, 0) is 49.8 Å². The number of benzene rings is 2. The quantitative estimate of drug-likeness (QED) is 0.597. The van der Waals surface area contributed by atoms with E-state index >= 15 is 0 Å². The van der Waals surface area contributed by atoms with Gasteiger partial charge in [0.1, 0.15) is 0 Å². The topological polar surface area (TPSA) is 54.5 Å². The molecule has 1 saturated heterocycles. The Morgan fingerprint density at radius 3 is 2.50 bits per heavy atom. The maximum absolute atomic E-state index is 12.3. The first-order chi connectivity index (χ1) is 14.6. The predicted octanol–water partition coefficient (Wildman–Crippen LogP) is 4.92. The molecule has 1 aliphatic heterocycles. The molecule has 0 unspecified atom stereocenters. The van der Waals surface area contributed by atoms with E-state index in [1.165, 1.54) is 28.2 Å². The first-order valence-electron chi connectivity index (χ1n) is 10.0. The fourth-order valence-corrected chi connectivity index (χ4v) is 4.25. The van der Waals surface area contributed by atoms with E-state index in [1.807, 2.05) is 23.6 Å². The van der Waals surface area contributed by atoms with E-state index in [1.54, 1.807) is 6.08 Å². The third-order valence-corrected chi connectivity index (χ3v) is 5.71. The summed E-state index contributed by atoms with van der Waals surface area (Å²) in [6, 6.07) is 14.6. The van der Waals surface area contributed by atoms with E-state index in [-0.39, 0.29) is 5.91 Å². The molecule has 1 aromatic heterocycles. The Balaban J connectivity index is 1.36. The largest absolute Gasteiger partial charge is 0.378 e. The maximum atomic E-state index is 12.3. The zero-order chi connectivity index (χ0) is 20.9. The molecule has 0 radical (unpaired) electrons. The molecule has 0 atom stereocenters. The number of aryl methyl sites for hydroxylation is 2. The van der Waals surface area contributed by atoms with Crippen molar-refractivity contribution in [2.45, 2.75) is 13.8 Å². The molecule has 1 aliphatic rings. The lowest BCUT2D eigenvalue weighted by atomic mass is 10.1. The number of anilines is 2. The highest BCUT2D eigenvalue weighted by Gasteiger charge is 2.11. The van der Waals surface area contributed by atoms with Gasteiger partial charge in [-0.2, -0.15) is 0 Å². The molecule has 30 heavy (non-hydrogen) atoms. The molecule has 0 bridgehead atoms. The second-order valence-corrected chi connectivity index (χ2v) is 8.29. The van der Waals surface area contributed by atoms with Crippen molar-refractivity contribution in [3.05, 3.63) is 70.6 Å². The van der Waals surface area contributed by atoms with Crippen molar-refractivity contribution in [3.8, 4) is 11.3 Å². The Morgan fingerprint density at radius 2 is 1.80 bits per heavy atom. The molecule has 4 rings (SSSR count). The van der Waals surface area contributed by atoms with Gasteiger partial charge in [0.15, 0.2) is 5.13 Å². The van der Waals surface area contributed by atoms with Gasteiger partial charge in [-0.15, -0.1) is 11.3 Å². The normalized spacial score (nSPS) is 14.3. The minimum Gasteiger partial charge on any atom is -0.378 e. The summed E-state index contributed by atoms with van der Waals surface area (Å²) >= 11 is 1.43. The Morgan fingerprint density at radius 1 is 1.10 bits per heavy atom. The molecule has 2 aromatic carbocycles. The summed E-state index contributed by atoms with van der Waals surface area (Å²) < 4.78 is 5.39. The number of hydrogen-bond acceptors (Lipinski definition) is 5. The second-order valence-electron chi connectivity index (χ2n) is 7.43. The number of ether oxygens (including phenoxy) is 1. The monoisotopic (exact) mass is 419 g/mol. The lowest BCUT2D eigenvalue weighted by Gasteiger charge is -2.28. The number of nitrogens with one attached hydrogen (secondary N) is 1. The number of rotatable bonds is 5. The van der Waals surface area contributed by atoms with Crippen LogP contribution in [0.5, 0.6) is 0 Å². The van der Waals surface area contributed by atoms with Crippen LogP contribution in [0, 0.1) is 13.8 Å². The Hall–Kier alpha value is -2.96. The van der Waals surface area contributed by atoms with Crippen LogP contribution in [0.1, 0.15) is 16.7 Å². The zero-order valence-corrected chi connectivity index (χ0v) is 18.0. The van der Waals surface area contributed by atoms with Crippen LogP contribution in [-0.2, 0) is 9.53 Å². The molecule has 0 spiro atoms. The number of thiazole rings is 1. The molecular formula is C24H25N3O2S. The lowest BCUT2D eigenvalue weighted by molar-refractivity contribution is -0.111. The van der Waals surface area contributed by atoms with Gasteiger partial charge in [-0.25, -0.2) is 4.98 Å². The highest BCUT2D eigenvalue weighted by Crippen LogP contribution is 2.26. The third kappa shape index (κ3) is 5.14. The molecule has 5 nitrogen and oxygen atoms in total. The highest BCUT2D eigenvalue weighted by molar-refractivity contribution is 7.14. The SMILES string of the molecule is Cc1cc(C)cc(-c2csc(NC(=O)/C=C/c3ccc(N4CCOCC4)cc3)n2)c1. The maximum Gasteiger partial charge on any atom is 0.250 e. The average Bonchev–Trinajstić information content (AvgIpc) is 3.21. The highest BCUT2D eigenvalue weighted by atomic mass is 32.1. The standard InChI is InChI=1S/C24H25N3O2S/c1-17-13-18(2)15-20(14-17)22-16-30-24(25-22)26-23(28)8-5-19-3-6-21(7-4-19)27-9-11-29-12-10-27/h3-8,13-16H,9-12H2,1-2H3,(H,25,26,28)/b8-5+. The van der Waals surface area contributed by atoms with E-state index in [4.69, 9.17) is 4.74 Å². The zero-order valence-electron chi connectivity index (χ0n) is 17.2. The molecule has 1 fully saturated rings. The number of carbonyl (C=O) groups is 1. The van der Waals surface area contributed by atoms with Crippen LogP contribution in [-0.4, -0.2) is 37.2 Å². The number of carbonyl (C=O) groups excluding carboxylic acids is 1. The number of nitrogens with zero attached hydrogens (tertiary/aromatic N) is 2. The Kier molecular flexibility index (Phi) is 6.26. The van der Waals surface area contributed by atoms with Crippen LogP contribution in [0.4, 0.5) is 10.8 Å². The van der Waals surface area contributed by atoms with Gasteiger partial charge >= 0.3 is 0 Å². The van der Waals surface area contributed by atoms with Crippen LogP contribution in [0.15, 0.2) is 53.9 Å². The summed E-state index contributed by atoms with van der Waals surface area (Å²) in [5.41, 5.74) is 6.51. The fourth-order valence-electron chi connectivity index (χ4n) is 3.52. The fraction of sp³-hybridized carbons (Fsp3) is 0.250. The van der Waals surface area contributed by atoms with E-state index in [0.29, 0.717) is 5.13 Å². The average molecular weight is 420 g/mol. The van der Waals surface area contributed by atoms with Gasteiger partial charge < -0.3 is 9.64 Å². The molecule has 154 valence electrons. The summed E-state index contributed by atoms with van der Waals surface area (Å²) in [6.45, 7) is 7.51. The van der Waals surface area contributed by atoms with Crippen molar-refractivity contribution >= 4 is 34.1 Å². The second kappa shape index (κ2) is 9.24. The van der Waals surface area contributed by atoms with Crippen molar-refractivity contribution in [3.63, 3.8) is 0 Å². The number of morpholine rings is 1. The van der Waals surface area contributed by atoms with E-state index in [0.717, 1.165) is 43.1 Å². The van der Waals surface area contributed by atoms with Gasteiger partial charge in [-0.3, -0.25) is 10.1 Å². The first kappa shape index (κ1) is 20.3. The Bertz CT molecular complexity index is 1030. The Labute approximate surface area is 181 Å². The van der Waals surface area contributed by atoms with Crippen molar-refractivity contribution in [1.82, 2.24) is 4.98 Å². The van der Waals surface area contributed by atoms with E-state index in [9.17, 15) is 4.79 Å². The molecule has 6 heteroatoms. The van der Waals surface area contributed by atoms with Gasteiger partial charge in [0.2, 0.25) is 5.91 Å². The minimum absolute atomic E-state index is 0.187. The number of amides is 1. The molecule has 3 aromatic rings. The van der Waals surface area contributed by atoms with Crippen molar-refractivity contribution in [2.75, 3.05) is 36.5 Å².